The molecule has 0 saturated carbocycles. The Labute approximate surface area is 356 Å². The summed E-state index contributed by atoms with van der Waals surface area (Å²) in [6.45, 7) is 0. The molecule has 0 saturated heterocycles. The molecule has 284 valence electrons. The van der Waals surface area contributed by atoms with Crippen LogP contribution >= 0.6 is 11.3 Å². The Hall–Kier alpha value is -7.72. The van der Waals surface area contributed by atoms with Crippen LogP contribution in [0.25, 0.3) is 119 Å². The molecular weight excluding hydrogens is 757 g/mol. The van der Waals surface area contributed by atoms with Crippen molar-refractivity contribution in [1.82, 2.24) is 9.13 Å². The number of benzene rings is 10. The topological polar surface area (TPSA) is 9.86 Å². The summed E-state index contributed by atoms with van der Waals surface area (Å²) in [6, 6.07) is 80.6. The number of rotatable bonds is 5. The van der Waals surface area contributed by atoms with Gasteiger partial charge in [-0.1, -0.05) is 170 Å². The van der Waals surface area contributed by atoms with Gasteiger partial charge >= 0.3 is 0 Å². The first kappa shape index (κ1) is 34.2. The van der Waals surface area contributed by atoms with Crippen molar-refractivity contribution in [1.29, 1.82) is 0 Å². The minimum atomic E-state index is 1.13. The van der Waals surface area contributed by atoms with Crippen LogP contribution in [-0.2, 0) is 0 Å². The van der Waals surface area contributed by atoms with Crippen molar-refractivity contribution in [2.24, 2.45) is 0 Å². The van der Waals surface area contributed by atoms with Gasteiger partial charge in [-0.15, -0.1) is 11.3 Å². The first-order chi connectivity index (χ1) is 30.3. The highest BCUT2D eigenvalue weighted by molar-refractivity contribution is 7.25. The summed E-state index contributed by atoms with van der Waals surface area (Å²) in [5.41, 5.74) is 11.8. The fraction of sp³-hybridized carbons (Fsp3) is 0. The van der Waals surface area contributed by atoms with Crippen LogP contribution < -0.4 is 0 Å². The molecule has 3 aromatic heterocycles. The molecule has 0 atom stereocenters. The summed E-state index contributed by atoms with van der Waals surface area (Å²) in [6.07, 6.45) is 0. The number of para-hydroxylation sites is 3. The van der Waals surface area contributed by atoms with Gasteiger partial charge in [0.25, 0.3) is 0 Å². The van der Waals surface area contributed by atoms with E-state index in [4.69, 9.17) is 0 Å². The van der Waals surface area contributed by atoms with Crippen molar-refractivity contribution < 1.29 is 0 Å². The molecule has 0 aliphatic carbocycles. The molecule has 0 bridgehead atoms. The third kappa shape index (κ3) is 5.08. The average molecular weight is 793 g/mol. The Balaban J connectivity index is 1.22. The second-order valence-electron chi connectivity index (χ2n) is 16.0. The lowest BCUT2D eigenvalue weighted by Gasteiger charge is -2.17. The van der Waals surface area contributed by atoms with Gasteiger partial charge in [-0.05, 0) is 92.0 Å². The molecule has 10 aromatic carbocycles. The Morgan fingerprint density at radius 2 is 0.705 bits per heavy atom. The van der Waals surface area contributed by atoms with Crippen LogP contribution in [0.4, 0.5) is 0 Å². The highest BCUT2D eigenvalue weighted by Crippen LogP contribution is 2.51. The number of fused-ring (bicyclic) bond motifs is 11. The predicted octanol–water partition coefficient (Wildman–Crippen LogP) is 16.4. The average Bonchev–Trinajstić information content (AvgIpc) is 3.99. The molecule has 13 rings (SSSR count). The van der Waals surface area contributed by atoms with E-state index in [1.165, 1.54) is 108 Å². The molecule has 0 unspecified atom stereocenters. The SMILES string of the molecule is c1ccc(-c2c(-c3c(-c4ccc5c6ccccc6c6ccccc6c5c4)n(-c4ccc5c(c4)sc4ccccc45)c4ccccc34)c3ccccc3n2-c2ccccc2)cc1. The maximum Gasteiger partial charge on any atom is 0.0620 e. The van der Waals surface area contributed by atoms with Gasteiger partial charge in [0.2, 0.25) is 0 Å². The van der Waals surface area contributed by atoms with E-state index >= 15 is 0 Å². The maximum absolute atomic E-state index is 2.54. The number of aromatic nitrogens is 2. The van der Waals surface area contributed by atoms with E-state index in [0.29, 0.717) is 0 Å². The maximum atomic E-state index is 2.54. The van der Waals surface area contributed by atoms with Gasteiger partial charge in [-0.25, -0.2) is 0 Å². The molecule has 0 spiro atoms. The molecule has 0 aliphatic rings. The molecule has 2 nitrogen and oxygen atoms in total. The summed E-state index contributed by atoms with van der Waals surface area (Å²) in [7, 11) is 0. The summed E-state index contributed by atoms with van der Waals surface area (Å²) in [4.78, 5) is 0. The van der Waals surface area contributed by atoms with E-state index in [9.17, 15) is 0 Å². The van der Waals surface area contributed by atoms with Crippen molar-refractivity contribution >= 4 is 85.6 Å². The normalized spacial score (nSPS) is 11.9. The number of thiophene rings is 1. The smallest absolute Gasteiger partial charge is 0.0620 e. The molecule has 3 heterocycles. The molecule has 0 N–H and O–H groups in total. The standard InChI is InChI=1S/C58H36N2S/c1-3-17-37(18-4-1)57-55(48-26-11-14-28-51(48)59(57)39-19-5-2-6-20-39)56-49-27-12-15-29-52(49)60(40-32-34-47-46-25-13-16-30-53(46)61-54(47)36-40)58(56)38-31-33-45-43-23-8-7-21-41(43)42-22-9-10-24-44(42)50(45)35-38/h1-36H. The zero-order valence-corrected chi connectivity index (χ0v) is 33.9. The van der Waals surface area contributed by atoms with E-state index in [1.54, 1.807) is 0 Å². The number of nitrogens with zero attached hydrogens (tertiary/aromatic N) is 2. The van der Waals surface area contributed by atoms with Gasteiger partial charge in [0.05, 0.1) is 22.4 Å². The van der Waals surface area contributed by atoms with E-state index in [-0.39, 0.29) is 0 Å². The van der Waals surface area contributed by atoms with Crippen molar-refractivity contribution in [3.05, 3.63) is 218 Å². The van der Waals surface area contributed by atoms with Crippen molar-refractivity contribution in [2.75, 3.05) is 0 Å². The fourth-order valence-corrected chi connectivity index (χ4v) is 11.3. The lowest BCUT2D eigenvalue weighted by Crippen LogP contribution is -1.99. The van der Waals surface area contributed by atoms with Gasteiger partial charge in [0.15, 0.2) is 0 Å². The van der Waals surface area contributed by atoms with Crippen LogP contribution in [0.15, 0.2) is 218 Å². The Kier molecular flexibility index (Phi) is 7.51. The monoisotopic (exact) mass is 792 g/mol. The van der Waals surface area contributed by atoms with Crippen molar-refractivity contribution in [3.63, 3.8) is 0 Å². The second-order valence-corrected chi connectivity index (χ2v) is 17.1. The van der Waals surface area contributed by atoms with E-state index in [1.807, 2.05) is 11.3 Å². The second kappa shape index (κ2) is 13.4. The minimum absolute atomic E-state index is 1.13. The quantitative estimate of drug-likeness (QED) is 0.154. The van der Waals surface area contributed by atoms with Crippen LogP contribution in [-0.4, -0.2) is 9.13 Å². The minimum Gasteiger partial charge on any atom is -0.309 e. The Bertz CT molecular complexity index is 3830. The van der Waals surface area contributed by atoms with Gasteiger partial charge < -0.3 is 9.13 Å². The lowest BCUT2D eigenvalue weighted by atomic mass is 9.90. The lowest BCUT2D eigenvalue weighted by molar-refractivity contribution is 1.13. The molecule has 3 heteroatoms. The fourth-order valence-electron chi connectivity index (χ4n) is 10.2. The van der Waals surface area contributed by atoms with E-state index in [2.05, 4.69) is 228 Å². The molecular formula is C58H36N2S. The van der Waals surface area contributed by atoms with Crippen LogP contribution in [0.2, 0.25) is 0 Å². The predicted molar refractivity (Wildman–Crippen MR) is 262 cm³/mol. The molecule has 0 amide bonds. The molecule has 0 radical (unpaired) electrons. The zero-order chi connectivity index (χ0) is 40.0. The molecule has 0 aliphatic heterocycles. The van der Waals surface area contributed by atoms with Gasteiger partial charge in [-0.3, -0.25) is 0 Å². The summed E-state index contributed by atoms with van der Waals surface area (Å²) in [5.74, 6) is 0. The van der Waals surface area contributed by atoms with Crippen molar-refractivity contribution in [2.45, 2.75) is 0 Å². The molecule has 0 fully saturated rings. The summed E-state index contributed by atoms with van der Waals surface area (Å²) in [5, 5.41) is 12.6. The first-order valence-corrected chi connectivity index (χ1v) is 21.8. The van der Waals surface area contributed by atoms with Crippen LogP contribution in [0.1, 0.15) is 0 Å². The number of hydrogen-bond donors (Lipinski definition) is 0. The van der Waals surface area contributed by atoms with E-state index < -0.39 is 0 Å². The highest BCUT2D eigenvalue weighted by Gasteiger charge is 2.29. The Morgan fingerprint density at radius 3 is 1.34 bits per heavy atom. The van der Waals surface area contributed by atoms with E-state index in [0.717, 1.165) is 11.4 Å². The van der Waals surface area contributed by atoms with Gasteiger partial charge in [0, 0.05) is 53.4 Å². The van der Waals surface area contributed by atoms with Crippen LogP contribution in [0.3, 0.4) is 0 Å². The van der Waals surface area contributed by atoms with Gasteiger partial charge in [0.1, 0.15) is 0 Å². The molecule has 61 heavy (non-hydrogen) atoms. The zero-order valence-electron chi connectivity index (χ0n) is 33.1. The van der Waals surface area contributed by atoms with Gasteiger partial charge in [-0.2, -0.15) is 0 Å². The summed E-state index contributed by atoms with van der Waals surface area (Å²) < 4.78 is 7.61. The largest absolute Gasteiger partial charge is 0.309 e. The highest BCUT2D eigenvalue weighted by atomic mass is 32.1. The van der Waals surface area contributed by atoms with Crippen LogP contribution in [0.5, 0.6) is 0 Å². The first-order valence-electron chi connectivity index (χ1n) is 20.9. The summed E-state index contributed by atoms with van der Waals surface area (Å²) >= 11 is 1.87. The third-order valence-corrected chi connectivity index (χ3v) is 13.8. The Morgan fingerprint density at radius 1 is 0.262 bits per heavy atom. The van der Waals surface area contributed by atoms with Crippen LogP contribution in [0, 0.1) is 0 Å². The third-order valence-electron chi connectivity index (χ3n) is 12.7. The number of hydrogen-bond acceptors (Lipinski definition) is 1. The molecule has 13 aromatic rings. The van der Waals surface area contributed by atoms with Crippen molar-refractivity contribution in [3.8, 4) is 45.0 Å².